The first kappa shape index (κ1) is 13.8. The highest BCUT2D eigenvalue weighted by molar-refractivity contribution is 5.24. The Labute approximate surface area is 115 Å². The number of nitrogens with zero attached hydrogens (tertiary/aromatic N) is 2. The summed E-state index contributed by atoms with van der Waals surface area (Å²) in [6, 6.07) is 9.09. The van der Waals surface area contributed by atoms with Crippen molar-refractivity contribution in [1.29, 1.82) is 0 Å². The standard InChI is InChI=1S/C16H23N3/c1-12(2)17-9-16-10-18-19(14(16)4)11-15-7-5-6-13(3)8-15/h5-8,10,12,17H,9,11H2,1-4H3. The lowest BCUT2D eigenvalue weighted by Crippen LogP contribution is -2.22. The largest absolute Gasteiger partial charge is 0.310 e. The van der Waals surface area contributed by atoms with Crippen molar-refractivity contribution < 1.29 is 0 Å². The SMILES string of the molecule is Cc1cccc(Cn2ncc(CNC(C)C)c2C)c1. The molecule has 102 valence electrons. The molecule has 0 aliphatic rings. The average molecular weight is 257 g/mol. The van der Waals surface area contributed by atoms with E-state index in [1.54, 1.807) is 0 Å². The molecule has 0 fully saturated rings. The maximum atomic E-state index is 4.50. The van der Waals surface area contributed by atoms with Crippen LogP contribution in [-0.4, -0.2) is 15.8 Å². The summed E-state index contributed by atoms with van der Waals surface area (Å²) in [5, 5.41) is 7.93. The molecule has 3 heteroatoms. The molecule has 2 aromatic rings. The monoisotopic (exact) mass is 257 g/mol. The Morgan fingerprint density at radius 2 is 2.05 bits per heavy atom. The highest BCUT2D eigenvalue weighted by atomic mass is 15.3. The van der Waals surface area contributed by atoms with Crippen molar-refractivity contribution in [3.05, 3.63) is 52.8 Å². The fourth-order valence-corrected chi connectivity index (χ4v) is 2.12. The van der Waals surface area contributed by atoms with Gasteiger partial charge in [-0.15, -0.1) is 0 Å². The lowest BCUT2D eigenvalue weighted by molar-refractivity contribution is 0.585. The maximum Gasteiger partial charge on any atom is 0.0662 e. The molecule has 2 rings (SSSR count). The number of hydrogen-bond donors (Lipinski definition) is 1. The molecular weight excluding hydrogens is 234 g/mol. The van der Waals surface area contributed by atoms with Crippen LogP contribution < -0.4 is 5.32 Å². The Bertz CT molecular complexity index is 541. The van der Waals surface area contributed by atoms with E-state index in [0.717, 1.165) is 13.1 Å². The van der Waals surface area contributed by atoms with Crippen LogP contribution in [0.5, 0.6) is 0 Å². The van der Waals surface area contributed by atoms with Crippen molar-refractivity contribution in [3.63, 3.8) is 0 Å². The quantitative estimate of drug-likeness (QED) is 0.892. The van der Waals surface area contributed by atoms with Gasteiger partial charge < -0.3 is 5.32 Å². The van der Waals surface area contributed by atoms with Gasteiger partial charge in [-0.2, -0.15) is 5.10 Å². The lowest BCUT2D eigenvalue weighted by atomic mass is 10.1. The first-order chi connectivity index (χ1) is 9.06. The molecule has 0 atom stereocenters. The zero-order valence-corrected chi connectivity index (χ0v) is 12.3. The van der Waals surface area contributed by atoms with Crippen LogP contribution in [0.25, 0.3) is 0 Å². The van der Waals surface area contributed by atoms with Crippen LogP contribution >= 0.6 is 0 Å². The Morgan fingerprint density at radius 1 is 1.26 bits per heavy atom. The van der Waals surface area contributed by atoms with Gasteiger partial charge in [-0.25, -0.2) is 0 Å². The Hall–Kier alpha value is -1.61. The van der Waals surface area contributed by atoms with Crippen molar-refractivity contribution in [1.82, 2.24) is 15.1 Å². The zero-order chi connectivity index (χ0) is 13.8. The maximum absolute atomic E-state index is 4.50. The van der Waals surface area contributed by atoms with Gasteiger partial charge in [0.1, 0.15) is 0 Å². The summed E-state index contributed by atoms with van der Waals surface area (Å²) in [5.74, 6) is 0. The van der Waals surface area contributed by atoms with E-state index in [-0.39, 0.29) is 0 Å². The van der Waals surface area contributed by atoms with E-state index in [2.05, 4.69) is 67.1 Å². The average Bonchev–Trinajstić information content (AvgIpc) is 2.68. The van der Waals surface area contributed by atoms with E-state index in [4.69, 9.17) is 0 Å². The smallest absolute Gasteiger partial charge is 0.0662 e. The topological polar surface area (TPSA) is 29.9 Å². The van der Waals surface area contributed by atoms with E-state index in [1.165, 1.54) is 22.4 Å². The van der Waals surface area contributed by atoms with Crippen LogP contribution in [-0.2, 0) is 13.1 Å². The molecule has 0 aliphatic carbocycles. The molecule has 0 aliphatic heterocycles. The zero-order valence-electron chi connectivity index (χ0n) is 12.3. The van der Waals surface area contributed by atoms with Crippen molar-refractivity contribution in [2.45, 2.75) is 46.8 Å². The van der Waals surface area contributed by atoms with Gasteiger partial charge in [0, 0.05) is 23.8 Å². The number of nitrogens with one attached hydrogen (secondary N) is 1. The van der Waals surface area contributed by atoms with Crippen molar-refractivity contribution in [3.8, 4) is 0 Å². The molecule has 3 nitrogen and oxygen atoms in total. The molecule has 1 heterocycles. The van der Waals surface area contributed by atoms with Gasteiger partial charge in [0.25, 0.3) is 0 Å². The molecule has 0 amide bonds. The third-order valence-corrected chi connectivity index (χ3v) is 3.32. The predicted molar refractivity (Wildman–Crippen MR) is 79.2 cm³/mol. The highest BCUT2D eigenvalue weighted by Crippen LogP contribution is 2.11. The summed E-state index contributed by atoms with van der Waals surface area (Å²) in [7, 11) is 0. The summed E-state index contributed by atoms with van der Waals surface area (Å²) >= 11 is 0. The van der Waals surface area contributed by atoms with Gasteiger partial charge in [0.05, 0.1) is 12.7 Å². The van der Waals surface area contributed by atoms with E-state index in [1.807, 2.05) is 6.20 Å². The van der Waals surface area contributed by atoms with Gasteiger partial charge in [-0.05, 0) is 19.4 Å². The van der Waals surface area contributed by atoms with Crippen LogP contribution in [0.15, 0.2) is 30.5 Å². The number of aromatic nitrogens is 2. The number of hydrogen-bond acceptors (Lipinski definition) is 2. The summed E-state index contributed by atoms with van der Waals surface area (Å²) in [6.45, 7) is 10.3. The minimum Gasteiger partial charge on any atom is -0.310 e. The summed E-state index contributed by atoms with van der Waals surface area (Å²) in [6.07, 6.45) is 1.97. The number of aryl methyl sites for hydroxylation is 1. The molecule has 1 aromatic carbocycles. The van der Waals surface area contributed by atoms with Crippen LogP contribution in [0.1, 0.15) is 36.2 Å². The molecule has 0 saturated heterocycles. The molecule has 0 radical (unpaired) electrons. The highest BCUT2D eigenvalue weighted by Gasteiger charge is 2.07. The molecule has 1 aromatic heterocycles. The van der Waals surface area contributed by atoms with E-state index in [0.29, 0.717) is 6.04 Å². The second-order valence-electron chi connectivity index (χ2n) is 5.44. The molecule has 19 heavy (non-hydrogen) atoms. The number of benzene rings is 1. The minimum atomic E-state index is 0.500. The minimum absolute atomic E-state index is 0.500. The number of rotatable bonds is 5. The van der Waals surface area contributed by atoms with Crippen molar-refractivity contribution in [2.75, 3.05) is 0 Å². The van der Waals surface area contributed by atoms with Crippen molar-refractivity contribution in [2.24, 2.45) is 0 Å². The molecule has 0 saturated carbocycles. The fourth-order valence-electron chi connectivity index (χ4n) is 2.12. The molecule has 1 N–H and O–H groups in total. The van der Waals surface area contributed by atoms with E-state index >= 15 is 0 Å². The van der Waals surface area contributed by atoms with Crippen LogP contribution in [0, 0.1) is 13.8 Å². The molecule has 0 unspecified atom stereocenters. The Kier molecular flexibility index (Phi) is 4.38. The van der Waals surface area contributed by atoms with E-state index in [9.17, 15) is 0 Å². The normalized spacial score (nSPS) is 11.2. The van der Waals surface area contributed by atoms with Crippen molar-refractivity contribution >= 4 is 0 Å². The van der Waals surface area contributed by atoms with Gasteiger partial charge in [-0.3, -0.25) is 4.68 Å². The van der Waals surface area contributed by atoms with Gasteiger partial charge in [0.2, 0.25) is 0 Å². The lowest BCUT2D eigenvalue weighted by Gasteiger charge is -2.09. The Morgan fingerprint density at radius 3 is 2.74 bits per heavy atom. The summed E-state index contributed by atoms with van der Waals surface area (Å²) in [4.78, 5) is 0. The van der Waals surface area contributed by atoms with Gasteiger partial charge in [0.15, 0.2) is 0 Å². The van der Waals surface area contributed by atoms with Gasteiger partial charge >= 0.3 is 0 Å². The molecular formula is C16H23N3. The predicted octanol–water partition coefficient (Wildman–Crippen LogP) is 3.05. The fraction of sp³-hybridized carbons (Fsp3) is 0.438. The third-order valence-electron chi connectivity index (χ3n) is 3.32. The van der Waals surface area contributed by atoms with Crippen LogP contribution in [0.3, 0.4) is 0 Å². The second kappa shape index (κ2) is 6.02. The second-order valence-corrected chi connectivity index (χ2v) is 5.44. The van der Waals surface area contributed by atoms with Gasteiger partial charge in [-0.1, -0.05) is 43.7 Å². The first-order valence-electron chi connectivity index (χ1n) is 6.86. The first-order valence-corrected chi connectivity index (χ1v) is 6.86. The Balaban J connectivity index is 2.09. The summed E-state index contributed by atoms with van der Waals surface area (Å²) < 4.78 is 2.08. The van der Waals surface area contributed by atoms with E-state index < -0.39 is 0 Å². The molecule has 0 bridgehead atoms. The van der Waals surface area contributed by atoms with Crippen LogP contribution in [0.4, 0.5) is 0 Å². The third kappa shape index (κ3) is 3.67. The summed E-state index contributed by atoms with van der Waals surface area (Å²) in [5.41, 5.74) is 5.12. The molecule has 0 spiro atoms. The van der Waals surface area contributed by atoms with Crippen LogP contribution in [0.2, 0.25) is 0 Å².